The van der Waals surface area contributed by atoms with Crippen molar-refractivity contribution in [2.75, 3.05) is 20.1 Å². The van der Waals surface area contributed by atoms with Gasteiger partial charge in [-0.3, -0.25) is 9.69 Å². The first kappa shape index (κ1) is 19.9. The van der Waals surface area contributed by atoms with Crippen LogP contribution in [0.25, 0.3) is 0 Å². The molecule has 2 aliphatic carbocycles. The fraction of sp³-hybridized carbons (Fsp3) is 0.429. The number of carbonyl (C=O) groups excluding carboxylic acids is 4. The van der Waals surface area contributed by atoms with Crippen LogP contribution in [0.4, 0.5) is 4.79 Å². The van der Waals surface area contributed by atoms with Gasteiger partial charge in [-0.05, 0) is 30.9 Å². The molecule has 0 radical (unpaired) electrons. The van der Waals surface area contributed by atoms with Crippen molar-refractivity contribution in [3.63, 3.8) is 0 Å². The minimum absolute atomic E-state index is 0.00590. The molecule has 3 fully saturated rings. The molecule has 1 aromatic carbocycles. The van der Waals surface area contributed by atoms with Crippen LogP contribution >= 0.6 is 0 Å². The Morgan fingerprint density at radius 1 is 1.20 bits per heavy atom. The lowest BCUT2D eigenvalue weighted by molar-refractivity contribution is -0.155. The van der Waals surface area contributed by atoms with E-state index in [0.29, 0.717) is 18.4 Å². The van der Waals surface area contributed by atoms with Crippen LogP contribution in [0.15, 0.2) is 43.0 Å². The molecule has 1 spiro atoms. The Morgan fingerprint density at radius 2 is 1.97 bits per heavy atom. The maximum absolute atomic E-state index is 12.5. The molecule has 1 aliphatic heterocycles. The van der Waals surface area contributed by atoms with Crippen LogP contribution in [-0.4, -0.2) is 54.6 Å². The number of hydrogen-bond donors (Lipinski definition) is 0. The molecule has 0 aromatic heterocycles. The van der Waals surface area contributed by atoms with Crippen LogP contribution in [0.2, 0.25) is 0 Å². The second-order valence-corrected chi connectivity index (χ2v) is 7.41. The fourth-order valence-electron chi connectivity index (χ4n) is 4.60. The highest BCUT2D eigenvalue weighted by atomic mass is 16.7. The minimum atomic E-state index is -1.21. The van der Waals surface area contributed by atoms with E-state index in [-0.39, 0.29) is 19.3 Å². The molecular weight excluding hydrogens is 394 g/mol. The number of nitrogens with zero attached hydrogens (tertiary/aromatic N) is 1. The summed E-state index contributed by atoms with van der Waals surface area (Å²) in [6.07, 6.45) is 1.72. The highest BCUT2D eigenvalue weighted by Gasteiger charge is 2.76. The molecule has 30 heavy (non-hydrogen) atoms. The molecule has 4 rings (SSSR count). The van der Waals surface area contributed by atoms with Gasteiger partial charge in [0.25, 0.3) is 0 Å². The zero-order valence-corrected chi connectivity index (χ0v) is 16.2. The topological polar surface area (TPSA) is 108 Å². The number of esters is 3. The number of cyclic esters (lactones) is 1. The Bertz CT molecular complexity index is 884. The van der Waals surface area contributed by atoms with E-state index in [9.17, 15) is 19.2 Å². The first-order valence-corrected chi connectivity index (χ1v) is 9.62. The quantitative estimate of drug-likeness (QED) is 0.300. The number of amides is 1. The van der Waals surface area contributed by atoms with Gasteiger partial charge >= 0.3 is 24.0 Å². The fourth-order valence-corrected chi connectivity index (χ4v) is 4.60. The van der Waals surface area contributed by atoms with E-state index in [1.54, 1.807) is 30.3 Å². The van der Waals surface area contributed by atoms with Crippen molar-refractivity contribution in [2.45, 2.75) is 18.4 Å². The summed E-state index contributed by atoms with van der Waals surface area (Å²) in [5.74, 6) is -2.76. The lowest BCUT2D eigenvalue weighted by Gasteiger charge is -2.31. The van der Waals surface area contributed by atoms with Crippen molar-refractivity contribution in [3.05, 3.63) is 48.6 Å². The summed E-state index contributed by atoms with van der Waals surface area (Å²) in [5, 5.41) is 0. The van der Waals surface area contributed by atoms with Gasteiger partial charge in [-0.25, -0.2) is 14.4 Å². The Morgan fingerprint density at radius 3 is 2.70 bits per heavy atom. The highest BCUT2D eigenvalue weighted by molar-refractivity contribution is 5.92. The van der Waals surface area contributed by atoms with Crippen molar-refractivity contribution in [2.24, 2.45) is 17.8 Å². The second kappa shape index (κ2) is 7.81. The largest absolute Gasteiger partial charge is 0.445 e. The smallest absolute Gasteiger partial charge is 0.413 e. The summed E-state index contributed by atoms with van der Waals surface area (Å²) >= 11 is 0. The van der Waals surface area contributed by atoms with Crippen LogP contribution in [0.3, 0.4) is 0 Å². The van der Waals surface area contributed by atoms with Gasteiger partial charge < -0.3 is 18.9 Å². The SMILES string of the molecule is C=CCOC(=O)N1COC(=O)[C@@]12CC[C@H]1[C@H](C(=O)OCOC(=O)c3ccccc3)[C@H]12. The van der Waals surface area contributed by atoms with Gasteiger partial charge in [0.1, 0.15) is 6.61 Å². The minimum Gasteiger partial charge on any atom is -0.445 e. The van der Waals surface area contributed by atoms with E-state index in [2.05, 4.69) is 6.58 Å². The normalized spacial score (nSPS) is 28.5. The average Bonchev–Trinajstić information content (AvgIpc) is 3.24. The maximum atomic E-state index is 12.5. The summed E-state index contributed by atoms with van der Waals surface area (Å²) in [6, 6.07) is 8.33. The van der Waals surface area contributed by atoms with Crippen LogP contribution in [-0.2, 0) is 28.5 Å². The molecular formula is C21H21NO8. The van der Waals surface area contributed by atoms with Gasteiger partial charge in [-0.15, -0.1) is 0 Å². The van der Waals surface area contributed by atoms with Gasteiger partial charge in [0.15, 0.2) is 12.3 Å². The summed E-state index contributed by atoms with van der Waals surface area (Å²) in [7, 11) is 0. The molecule has 1 aromatic rings. The van der Waals surface area contributed by atoms with Crippen molar-refractivity contribution in [1.29, 1.82) is 0 Å². The average molecular weight is 415 g/mol. The Hall–Kier alpha value is -3.36. The Labute approximate surface area is 172 Å². The molecule has 1 amide bonds. The van der Waals surface area contributed by atoms with Crippen molar-refractivity contribution >= 4 is 24.0 Å². The van der Waals surface area contributed by atoms with Crippen molar-refractivity contribution in [3.8, 4) is 0 Å². The molecule has 0 bridgehead atoms. The maximum Gasteiger partial charge on any atom is 0.413 e. The summed E-state index contributed by atoms with van der Waals surface area (Å²) < 4.78 is 20.3. The molecule has 0 unspecified atom stereocenters. The van der Waals surface area contributed by atoms with Gasteiger partial charge in [0, 0.05) is 5.92 Å². The standard InChI is InChI=1S/C21H21NO8/c1-2-10-27-20(26)22-11-28-19(25)21(22)9-8-14-15(16(14)21)18(24)30-12-29-17(23)13-6-4-3-5-7-13/h2-7,14-16H,1,8-12H2/t14-,15-,16-,21-/m0/s1. The number of hydrogen-bond acceptors (Lipinski definition) is 8. The van der Waals surface area contributed by atoms with E-state index in [0.717, 1.165) is 0 Å². The van der Waals surface area contributed by atoms with Crippen LogP contribution in [0.5, 0.6) is 0 Å². The van der Waals surface area contributed by atoms with E-state index in [1.807, 2.05) is 0 Å². The number of ether oxygens (including phenoxy) is 4. The molecule has 1 saturated heterocycles. The lowest BCUT2D eigenvalue weighted by atomic mass is 9.89. The van der Waals surface area contributed by atoms with E-state index < -0.39 is 48.2 Å². The molecule has 0 N–H and O–H groups in total. The monoisotopic (exact) mass is 415 g/mol. The Kier molecular flexibility index (Phi) is 5.19. The van der Waals surface area contributed by atoms with Gasteiger partial charge in [-0.1, -0.05) is 30.9 Å². The second-order valence-electron chi connectivity index (χ2n) is 7.41. The van der Waals surface area contributed by atoms with Crippen LogP contribution in [0.1, 0.15) is 23.2 Å². The molecule has 9 nitrogen and oxygen atoms in total. The predicted octanol–water partition coefficient (Wildman–Crippen LogP) is 1.88. The molecule has 2 saturated carbocycles. The van der Waals surface area contributed by atoms with Crippen molar-refractivity contribution < 1.29 is 38.1 Å². The Balaban J connectivity index is 1.36. The summed E-state index contributed by atoms with van der Waals surface area (Å²) in [5.41, 5.74) is -0.869. The molecule has 4 atom stereocenters. The number of benzene rings is 1. The molecule has 9 heteroatoms. The number of carbonyl (C=O) groups is 4. The van der Waals surface area contributed by atoms with Gasteiger partial charge in [-0.2, -0.15) is 0 Å². The summed E-state index contributed by atoms with van der Waals surface area (Å²) in [6.45, 7) is 2.76. The van der Waals surface area contributed by atoms with Crippen LogP contribution < -0.4 is 0 Å². The van der Waals surface area contributed by atoms with Gasteiger partial charge in [0.2, 0.25) is 6.79 Å². The van der Waals surface area contributed by atoms with E-state index in [1.165, 1.54) is 11.0 Å². The third-order valence-corrected chi connectivity index (χ3v) is 5.96. The van der Waals surface area contributed by atoms with E-state index >= 15 is 0 Å². The lowest BCUT2D eigenvalue weighted by Crippen LogP contribution is -2.52. The molecule has 3 aliphatic rings. The first-order chi connectivity index (χ1) is 14.5. The number of rotatable bonds is 6. The first-order valence-electron chi connectivity index (χ1n) is 9.62. The van der Waals surface area contributed by atoms with Crippen molar-refractivity contribution in [1.82, 2.24) is 4.90 Å². The third kappa shape index (κ3) is 3.20. The predicted molar refractivity (Wildman–Crippen MR) is 99.6 cm³/mol. The number of fused-ring (bicyclic) bond motifs is 2. The highest BCUT2D eigenvalue weighted by Crippen LogP contribution is 2.65. The molecule has 1 heterocycles. The zero-order chi connectivity index (χ0) is 21.3. The van der Waals surface area contributed by atoms with Crippen LogP contribution in [0, 0.1) is 17.8 Å². The molecule has 158 valence electrons. The third-order valence-electron chi connectivity index (χ3n) is 5.96. The van der Waals surface area contributed by atoms with E-state index in [4.69, 9.17) is 18.9 Å². The zero-order valence-electron chi connectivity index (χ0n) is 16.2. The summed E-state index contributed by atoms with van der Waals surface area (Å²) in [4.78, 5) is 50.6. The van der Waals surface area contributed by atoms with Gasteiger partial charge in [0.05, 0.1) is 11.5 Å².